The van der Waals surface area contributed by atoms with Crippen LogP contribution in [0.4, 0.5) is 0 Å². The first-order valence-electron chi connectivity index (χ1n) is 8.87. The van der Waals surface area contributed by atoms with Crippen molar-refractivity contribution >= 4 is 5.78 Å². The Morgan fingerprint density at radius 3 is 2.48 bits per heavy atom. The number of benzene rings is 2. The standard InChI is InChI=1S/C21H21N5O/c1-15-8-10-17(11-9-15)20-23-21-22-18(12-19(27)26(21)24-20)14-25(2)13-16-6-4-3-5-7-16/h3-12H,13-14H2,1-2H3,(H,22,23,24). The van der Waals surface area contributed by atoms with E-state index in [-0.39, 0.29) is 5.56 Å². The molecule has 0 aliphatic rings. The van der Waals surface area contributed by atoms with Crippen molar-refractivity contribution in [2.24, 2.45) is 0 Å². The Morgan fingerprint density at radius 2 is 1.74 bits per heavy atom. The monoisotopic (exact) mass is 359 g/mol. The van der Waals surface area contributed by atoms with Crippen LogP contribution in [0.5, 0.6) is 0 Å². The summed E-state index contributed by atoms with van der Waals surface area (Å²) in [5, 5.41) is 3.04. The van der Waals surface area contributed by atoms with E-state index in [1.54, 1.807) is 6.07 Å². The third kappa shape index (κ3) is 3.80. The summed E-state index contributed by atoms with van der Waals surface area (Å²) in [4.78, 5) is 23.7. The molecular formula is C21H21N5O. The normalized spacial score (nSPS) is 11.4. The quantitative estimate of drug-likeness (QED) is 0.595. The van der Waals surface area contributed by atoms with Gasteiger partial charge in [-0.05, 0) is 19.5 Å². The molecule has 0 fully saturated rings. The first-order valence-corrected chi connectivity index (χ1v) is 8.87. The van der Waals surface area contributed by atoms with Crippen LogP contribution in [0.1, 0.15) is 16.8 Å². The van der Waals surface area contributed by atoms with E-state index in [0.29, 0.717) is 23.8 Å². The number of fused-ring (bicyclic) bond motifs is 1. The van der Waals surface area contributed by atoms with Crippen molar-refractivity contribution in [3.63, 3.8) is 0 Å². The smallest absolute Gasteiger partial charge is 0.274 e. The number of hydrogen-bond donors (Lipinski definition) is 1. The topological polar surface area (TPSA) is 66.3 Å². The lowest BCUT2D eigenvalue weighted by molar-refractivity contribution is 0.315. The summed E-state index contributed by atoms with van der Waals surface area (Å²) in [6, 6.07) is 19.8. The lowest BCUT2D eigenvalue weighted by Gasteiger charge is -2.15. The summed E-state index contributed by atoms with van der Waals surface area (Å²) in [5.74, 6) is 1.02. The van der Waals surface area contributed by atoms with E-state index in [0.717, 1.165) is 12.1 Å². The van der Waals surface area contributed by atoms with Crippen LogP contribution in [0.15, 0.2) is 65.5 Å². The first-order chi connectivity index (χ1) is 13.1. The van der Waals surface area contributed by atoms with Gasteiger partial charge in [0, 0.05) is 24.7 Å². The molecule has 4 rings (SSSR count). The summed E-state index contributed by atoms with van der Waals surface area (Å²) in [6.45, 7) is 3.40. The van der Waals surface area contributed by atoms with E-state index >= 15 is 0 Å². The van der Waals surface area contributed by atoms with Crippen LogP contribution in [0, 0.1) is 6.92 Å². The molecule has 0 bridgehead atoms. The van der Waals surface area contributed by atoms with Gasteiger partial charge in [-0.15, -0.1) is 0 Å². The zero-order valence-corrected chi connectivity index (χ0v) is 15.4. The predicted octanol–water partition coefficient (Wildman–Crippen LogP) is 3.03. The summed E-state index contributed by atoms with van der Waals surface area (Å²) < 4.78 is 1.38. The lowest BCUT2D eigenvalue weighted by Crippen LogP contribution is -2.22. The molecule has 136 valence electrons. The number of nitrogens with one attached hydrogen (secondary N) is 1. The highest BCUT2D eigenvalue weighted by atomic mass is 16.1. The number of rotatable bonds is 5. The van der Waals surface area contributed by atoms with Crippen molar-refractivity contribution in [2.45, 2.75) is 20.0 Å². The fourth-order valence-electron chi connectivity index (χ4n) is 3.08. The van der Waals surface area contributed by atoms with Crippen LogP contribution in [-0.2, 0) is 13.1 Å². The van der Waals surface area contributed by atoms with Gasteiger partial charge in [0.25, 0.3) is 11.3 Å². The molecular weight excluding hydrogens is 338 g/mol. The molecule has 0 unspecified atom stereocenters. The summed E-state index contributed by atoms with van der Waals surface area (Å²) in [6.07, 6.45) is 0. The Balaban J connectivity index is 1.59. The van der Waals surface area contributed by atoms with Crippen LogP contribution < -0.4 is 5.56 Å². The average Bonchev–Trinajstić information content (AvgIpc) is 3.08. The Hall–Kier alpha value is -3.25. The van der Waals surface area contributed by atoms with Gasteiger partial charge in [0.2, 0.25) is 0 Å². The number of nitrogens with zero attached hydrogens (tertiary/aromatic N) is 4. The van der Waals surface area contributed by atoms with Crippen molar-refractivity contribution in [3.05, 3.63) is 87.8 Å². The summed E-state index contributed by atoms with van der Waals surface area (Å²) >= 11 is 0. The zero-order valence-electron chi connectivity index (χ0n) is 15.4. The second-order valence-corrected chi connectivity index (χ2v) is 6.82. The molecule has 0 aliphatic carbocycles. The minimum absolute atomic E-state index is 0.158. The maximum atomic E-state index is 12.5. The number of hydrogen-bond acceptors (Lipinski definition) is 4. The predicted molar refractivity (Wildman–Crippen MR) is 105 cm³/mol. The molecule has 0 saturated heterocycles. The molecule has 0 aliphatic heterocycles. The largest absolute Gasteiger partial charge is 0.296 e. The van der Waals surface area contributed by atoms with Crippen LogP contribution in [-0.4, -0.2) is 31.5 Å². The SMILES string of the molecule is Cc1ccc(-c2nc3nc(CN(C)Cc4ccccc4)cc(=O)n3[nH]2)cc1. The summed E-state index contributed by atoms with van der Waals surface area (Å²) in [5.41, 5.74) is 3.87. The Labute approximate surface area is 157 Å². The molecule has 6 heteroatoms. The van der Waals surface area contributed by atoms with Gasteiger partial charge in [0.05, 0.1) is 5.69 Å². The average molecular weight is 359 g/mol. The number of aromatic amines is 1. The van der Waals surface area contributed by atoms with E-state index in [4.69, 9.17) is 0 Å². The lowest BCUT2D eigenvalue weighted by atomic mass is 10.1. The molecule has 0 saturated carbocycles. The Bertz CT molecular complexity index is 1110. The van der Waals surface area contributed by atoms with Gasteiger partial charge in [-0.2, -0.15) is 9.50 Å². The van der Waals surface area contributed by atoms with E-state index < -0.39 is 0 Å². The molecule has 0 atom stereocenters. The molecule has 2 aromatic heterocycles. The van der Waals surface area contributed by atoms with Gasteiger partial charge < -0.3 is 0 Å². The second kappa shape index (κ2) is 7.17. The van der Waals surface area contributed by atoms with Crippen molar-refractivity contribution < 1.29 is 0 Å². The molecule has 2 aromatic carbocycles. The van der Waals surface area contributed by atoms with Gasteiger partial charge in [-0.1, -0.05) is 60.2 Å². The molecule has 6 nitrogen and oxygen atoms in total. The van der Waals surface area contributed by atoms with Crippen molar-refractivity contribution in [3.8, 4) is 11.4 Å². The van der Waals surface area contributed by atoms with Crippen LogP contribution in [0.25, 0.3) is 17.2 Å². The van der Waals surface area contributed by atoms with Gasteiger partial charge in [0.1, 0.15) is 0 Å². The molecule has 4 aromatic rings. The van der Waals surface area contributed by atoms with Crippen LogP contribution >= 0.6 is 0 Å². The summed E-state index contributed by atoms with van der Waals surface area (Å²) in [7, 11) is 2.01. The number of H-pyrrole nitrogens is 1. The third-order valence-electron chi connectivity index (χ3n) is 4.44. The third-order valence-corrected chi connectivity index (χ3v) is 4.44. The zero-order chi connectivity index (χ0) is 18.8. The van der Waals surface area contributed by atoms with Crippen molar-refractivity contribution in [1.29, 1.82) is 0 Å². The molecule has 0 spiro atoms. The fourth-order valence-corrected chi connectivity index (χ4v) is 3.08. The van der Waals surface area contributed by atoms with E-state index in [1.165, 1.54) is 15.6 Å². The molecule has 2 heterocycles. The van der Waals surface area contributed by atoms with Crippen LogP contribution in [0.2, 0.25) is 0 Å². The molecule has 1 N–H and O–H groups in total. The van der Waals surface area contributed by atoms with E-state index in [9.17, 15) is 4.79 Å². The minimum Gasteiger partial charge on any atom is -0.296 e. The number of aryl methyl sites for hydroxylation is 1. The van der Waals surface area contributed by atoms with Crippen LogP contribution in [0.3, 0.4) is 0 Å². The van der Waals surface area contributed by atoms with Gasteiger partial charge in [0.15, 0.2) is 5.82 Å². The second-order valence-electron chi connectivity index (χ2n) is 6.82. The minimum atomic E-state index is -0.158. The van der Waals surface area contributed by atoms with Crippen molar-refractivity contribution in [1.82, 2.24) is 24.5 Å². The van der Waals surface area contributed by atoms with Crippen molar-refractivity contribution in [2.75, 3.05) is 7.05 Å². The Morgan fingerprint density at radius 1 is 1.00 bits per heavy atom. The molecule has 0 radical (unpaired) electrons. The highest BCUT2D eigenvalue weighted by Crippen LogP contribution is 2.16. The van der Waals surface area contributed by atoms with Gasteiger partial charge in [-0.3, -0.25) is 14.8 Å². The number of aromatic nitrogens is 4. The molecule has 0 amide bonds. The highest BCUT2D eigenvalue weighted by Gasteiger charge is 2.11. The maximum Gasteiger partial charge on any atom is 0.274 e. The fraction of sp³-hybridized carbons (Fsp3) is 0.190. The van der Waals surface area contributed by atoms with E-state index in [2.05, 4.69) is 32.1 Å². The molecule has 27 heavy (non-hydrogen) atoms. The van der Waals surface area contributed by atoms with Gasteiger partial charge >= 0.3 is 0 Å². The maximum absolute atomic E-state index is 12.5. The highest BCUT2D eigenvalue weighted by molar-refractivity contribution is 5.57. The van der Waals surface area contributed by atoms with E-state index in [1.807, 2.05) is 56.4 Å². The first kappa shape index (κ1) is 17.2. The van der Waals surface area contributed by atoms with Gasteiger partial charge in [-0.25, -0.2) is 4.98 Å². The Kier molecular flexibility index (Phi) is 4.56.